The van der Waals surface area contributed by atoms with Crippen LogP contribution in [0.3, 0.4) is 0 Å². The zero-order chi connectivity index (χ0) is 34.1. The number of ether oxygens (including phenoxy) is 2. The Bertz CT molecular complexity index is 1770. The number of nitrogens with zero attached hydrogens (tertiary/aromatic N) is 3. The molecule has 1 aliphatic carbocycles. The first-order valence-corrected chi connectivity index (χ1v) is 18.6. The Balaban J connectivity index is 1.25. The van der Waals surface area contributed by atoms with Crippen molar-refractivity contribution in [2.45, 2.75) is 81.1 Å². The number of halogens is 3. The highest BCUT2D eigenvalue weighted by Crippen LogP contribution is 2.43. The molecule has 2 N–H and O–H groups in total. The number of nitrogens with two attached hydrogens (primary N) is 1. The number of methoxy groups -OCH3 is 1. The summed E-state index contributed by atoms with van der Waals surface area (Å²) >= 11 is 0. The van der Waals surface area contributed by atoms with E-state index >= 15 is 0 Å². The number of hydrogen-bond donors (Lipinski definition) is 1. The maximum Gasteiger partial charge on any atom is 0.406 e. The number of nitrogen functional groups attached to an aromatic ring is 1. The van der Waals surface area contributed by atoms with Crippen LogP contribution in [-0.2, 0) is 21.1 Å². The summed E-state index contributed by atoms with van der Waals surface area (Å²) in [6.45, 7) is 3.02. The molecule has 6 rings (SSSR count). The fourth-order valence-electron chi connectivity index (χ4n) is 7.92. The number of likely N-dealkylation sites (tertiary alicyclic amines) is 1. The molecule has 0 bridgehead atoms. The lowest BCUT2D eigenvalue weighted by Gasteiger charge is -2.48. The molecule has 8 nitrogen and oxygen atoms in total. The Morgan fingerprint density at radius 2 is 1.75 bits per heavy atom. The van der Waals surface area contributed by atoms with Crippen LogP contribution in [0.5, 0.6) is 5.75 Å². The van der Waals surface area contributed by atoms with Gasteiger partial charge in [0.1, 0.15) is 12.3 Å². The van der Waals surface area contributed by atoms with Gasteiger partial charge in [-0.3, -0.25) is 0 Å². The Kier molecular flexibility index (Phi) is 9.94. The van der Waals surface area contributed by atoms with Crippen LogP contribution in [0.4, 0.5) is 24.5 Å². The topological polar surface area (TPSA) is 90.0 Å². The average molecular weight is 687 g/mol. The van der Waals surface area contributed by atoms with E-state index in [1.807, 2.05) is 0 Å². The van der Waals surface area contributed by atoms with Crippen LogP contribution in [0, 0.1) is 17.3 Å². The fraction of sp³-hybridized carbons (Fsp3) is 0.556. The molecular formula is C36H45F3N4O4S. The van der Waals surface area contributed by atoms with Gasteiger partial charge in [0.25, 0.3) is 0 Å². The van der Waals surface area contributed by atoms with Crippen LogP contribution in [-0.4, -0.2) is 82.4 Å². The van der Waals surface area contributed by atoms with Gasteiger partial charge in [0, 0.05) is 48.7 Å². The first kappa shape index (κ1) is 34.5. The van der Waals surface area contributed by atoms with E-state index in [4.69, 9.17) is 15.2 Å². The van der Waals surface area contributed by atoms with Crippen LogP contribution in [0.15, 0.2) is 47.4 Å². The smallest absolute Gasteiger partial charge is 0.406 e. The zero-order valence-corrected chi connectivity index (χ0v) is 28.5. The second-order valence-corrected chi connectivity index (χ2v) is 15.7. The summed E-state index contributed by atoms with van der Waals surface area (Å²) < 4.78 is 78.0. The Morgan fingerprint density at radius 1 is 1.04 bits per heavy atom. The molecule has 3 heterocycles. The summed E-state index contributed by atoms with van der Waals surface area (Å²) in [6.07, 6.45) is 5.34. The number of piperidine rings is 1. The van der Waals surface area contributed by atoms with Crippen molar-refractivity contribution in [3.8, 4) is 17.6 Å². The van der Waals surface area contributed by atoms with Crippen molar-refractivity contribution in [2.24, 2.45) is 5.41 Å². The molecule has 0 radical (unpaired) electrons. The van der Waals surface area contributed by atoms with Crippen LogP contribution in [0.2, 0.25) is 0 Å². The molecule has 3 fully saturated rings. The maximum atomic E-state index is 13.6. The minimum Gasteiger partial charge on any atom is -0.495 e. The van der Waals surface area contributed by atoms with Gasteiger partial charge in [-0.15, -0.1) is 0 Å². The number of benzene rings is 2. The summed E-state index contributed by atoms with van der Waals surface area (Å²) in [5.41, 5.74) is 8.26. The zero-order valence-electron chi connectivity index (χ0n) is 27.7. The van der Waals surface area contributed by atoms with E-state index in [9.17, 15) is 21.6 Å². The van der Waals surface area contributed by atoms with E-state index < -0.39 is 22.6 Å². The van der Waals surface area contributed by atoms with Crippen molar-refractivity contribution in [3.63, 3.8) is 0 Å². The highest BCUT2D eigenvalue weighted by atomic mass is 32.2. The van der Waals surface area contributed by atoms with Gasteiger partial charge < -0.3 is 29.6 Å². The monoisotopic (exact) mass is 686 g/mol. The Morgan fingerprint density at radius 3 is 2.40 bits per heavy atom. The standard InChI is InChI=1S/C36H45F3N4O4S/c1-46-34-24-29(48(2,44)45)12-13-33(34)42(18-4-5-28-23-30-31(40)6-3-7-32(30)43(28)25-36(37,38)39)27-10-8-26(9-11-27)41-19-14-35(15-20-41)16-21-47-22-17-35/h3,6-7,12-13,23-24,26-27H,8-11,14-22,25,40H2,1-2H3. The predicted molar refractivity (Wildman–Crippen MR) is 182 cm³/mol. The highest BCUT2D eigenvalue weighted by molar-refractivity contribution is 7.90. The molecule has 3 aromatic rings. The van der Waals surface area contributed by atoms with Gasteiger partial charge in [-0.1, -0.05) is 12.0 Å². The van der Waals surface area contributed by atoms with Gasteiger partial charge in [-0.25, -0.2) is 8.42 Å². The van der Waals surface area contributed by atoms with Gasteiger partial charge in [0.2, 0.25) is 0 Å². The molecule has 1 aromatic heterocycles. The van der Waals surface area contributed by atoms with E-state index in [1.54, 1.807) is 36.4 Å². The Hall–Kier alpha value is -3.40. The number of alkyl halides is 3. The molecule has 0 unspecified atom stereocenters. The largest absolute Gasteiger partial charge is 0.495 e. The quantitative estimate of drug-likeness (QED) is 0.232. The number of hydrogen-bond acceptors (Lipinski definition) is 7. The van der Waals surface area contributed by atoms with Crippen molar-refractivity contribution in [2.75, 3.05) is 56.8 Å². The molecule has 260 valence electrons. The van der Waals surface area contributed by atoms with Crippen molar-refractivity contribution in [1.29, 1.82) is 0 Å². The third-order valence-electron chi connectivity index (χ3n) is 10.7. The number of rotatable bonds is 7. The van der Waals surface area contributed by atoms with E-state index in [2.05, 4.69) is 21.6 Å². The van der Waals surface area contributed by atoms with E-state index in [1.165, 1.54) is 30.6 Å². The van der Waals surface area contributed by atoms with Crippen molar-refractivity contribution < 1.29 is 31.1 Å². The molecule has 1 saturated carbocycles. The summed E-state index contributed by atoms with van der Waals surface area (Å²) in [5.74, 6) is 6.59. The number of aromatic nitrogens is 1. The molecule has 0 amide bonds. The minimum absolute atomic E-state index is 0.0943. The summed E-state index contributed by atoms with van der Waals surface area (Å²) in [7, 11) is -1.96. The number of sulfone groups is 1. The molecule has 48 heavy (non-hydrogen) atoms. The molecular weight excluding hydrogens is 641 g/mol. The third-order valence-corrected chi connectivity index (χ3v) is 11.8. The maximum absolute atomic E-state index is 13.6. The molecule has 2 aromatic carbocycles. The lowest BCUT2D eigenvalue weighted by molar-refractivity contribution is -0.140. The van der Waals surface area contributed by atoms with Crippen LogP contribution >= 0.6 is 0 Å². The molecule has 12 heteroatoms. The van der Waals surface area contributed by atoms with Crippen molar-refractivity contribution >= 4 is 32.1 Å². The van der Waals surface area contributed by atoms with Crippen molar-refractivity contribution in [3.05, 3.63) is 48.2 Å². The van der Waals surface area contributed by atoms with Gasteiger partial charge >= 0.3 is 6.18 Å². The molecule has 2 aliphatic heterocycles. The van der Waals surface area contributed by atoms with Gasteiger partial charge in [0.05, 0.1) is 35.4 Å². The van der Waals surface area contributed by atoms with Crippen LogP contribution < -0.4 is 15.4 Å². The van der Waals surface area contributed by atoms with Crippen LogP contribution in [0.25, 0.3) is 10.9 Å². The first-order valence-electron chi connectivity index (χ1n) is 16.8. The van der Waals surface area contributed by atoms with E-state index in [0.29, 0.717) is 39.5 Å². The Labute approximate surface area is 281 Å². The van der Waals surface area contributed by atoms with Gasteiger partial charge in [0.15, 0.2) is 9.84 Å². The van der Waals surface area contributed by atoms with Crippen LogP contribution in [0.1, 0.15) is 57.1 Å². The predicted octanol–water partition coefficient (Wildman–Crippen LogP) is 6.26. The number of fused-ring (bicyclic) bond motifs is 1. The normalized spacial score (nSPS) is 21.9. The molecule has 1 spiro atoms. The molecule has 0 atom stereocenters. The number of anilines is 2. The SMILES string of the molecule is COc1cc(S(C)(=O)=O)ccc1N(CC#Cc1cc2c(N)cccc2n1CC(F)(F)F)C1CCC(N2CCC3(CCOCC3)CC2)CC1. The fourth-order valence-corrected chi connectivity index (χ4v) is 8.55. The lowest BCUT2D eigenvalue weighted by atomic mass is 9.72. The summed E-state index contributed by atoms with van der Waals surface area (Å²) in [4.78, 5) is 4.94. The summed E-state index contributed by atoms with van der Waals surface area (Å²) in [6, 6.07) is 12.0. The molecule has 2 saturated heterocycles. The van der Waals surface area contributed by atoms with E-state index in [0.717, 1.165) is 71.1 Å². The van der Waals surface area contributed by atoms with Crippen molar-refractivity contribution in [1.82, 2.24) is 9.47 Å². The highest BCUT2D eigenvalue weighted by Gasteiger charge is 2.39. The second-order valence-electron chi connectivity index (χ2n) is 13.7. The first-order chi connectivity index (χ1) is 22.9. The third kappa shape index (κ3) is 7.58. The van der Waals surface area contributed by atoms with E-state index in [-0.39, 0.29) is 23.2 Å². The van der Waals surface area contributed by atoms with Gasteiger partial charge in [-0.05, 0) is 106 Å². The molecule has 3 aliphatic rings. The average Bonchev–Trinajstić information content (AvgIpc) is 3.40. The van der Waals surface area contributed by atoms with Gasteiger partial charge in [-0.2, -0.15) is 13.2 Å². The summed E-state index contributed by atoms with van der Waals surface area (Å²) in [5, 5.41) is 0.528. The second kappa shape index (κ2) is 13.8. The lowest BCUT2D eigenvalue weighted by Crippen LogP contribution is -2.49. The minimum atomic E-state index is -4.44.